The molecule has 2 nitrogen and oxygen atoms in total. The highest BCUT2D eigenvalue weighted by Gasteiger charge is 2.06. The second kappa shape index (κ2) is 5.23. The second-order valence-corrected chi connectivity index (χ2v) is 3.73. The van der Waals surface area contributed by atoms with Crippen molar-refractivity contribution in [2.24, 2.45) is 0 Å². The van der Waals surface area contributed by atoms with Crippen molar-refractivity contribution in [3.8, 4) is 5.75 Å². The van der Waals surface area contributed by atoms with Gasteiger partial charge in [-0.25, -0.2) is 0 Å². The average Bonchev–Trinajstić information content (AvgIpc) is 2.12. The van der Waals surface area contributed by atoms with Crippen LogP contribution >= 0.6 is 11.6 Å². The van der Waals surface area contributed by atoms with Gasteiger partial charge in [0.2, 0.25) is 0 Å². The molecule has 3 heteroatoms. The van der Waals surface area contributed by atoms with Crippen LogP contribution in [0.2, 0.25) is 5.02 Å². The number of methoxy groups -OCH3 is 1. The Kier molecular flexibility index (Phi) is 4.23. The molecule has 0 spiro atoms. The maximum atomic E-state index is 5.87. The van der Waals surface area contributed by atoms with Crippen molar-refractivity contribution in [2.45, 2.75) is 20.0 Å². The molecular formula is C11H15ClO2. The van der Waals surface area contributed by atoms with Gasteiger partial charge in [-0.3, -0.25) is 0 Å². The summed E-state index contributed by atoms with van der Waals surface area (Å²) in [6.07, 6.45) is 0.0390. The molecule has 0 saturated heterocycles. The topological polar surface area (TPSA) is 18.5 Å². The van der Waals surface area contributed by atoms with Gasteiger partial charge in [0.1, 0.15) is 11.9 Å². The normalized spacial score (nSPS) is 12.6. The molecule has 0 aliphatic rings. The van der Waals surface area contributed by atoms with Crippen LogP contribution in [-0.4, -0.2) is 19.8 Å². The Morgan fingerprint density at radius 3 is 2.79 bits per heavy atom. The van der Waals surface area contributed by atoms with Crippen LogP contribution in [0.25, 0.3) is 0 Å². The number of ether oxygens (including phenoxy) is 2. The molecule has 0 amide bonds. The Balaban J connectivity index is 2.70. The summed E-state index contributed by atoms with van der Waals surface area (Å²) in [7, 11) is 1.66. The third kappa shape index (κ3) is 3.20. The molecule has 0 radical (unpaired) electrons. The number of hydrogen-bond donors (Lipinski definition) is 0. The van der Waals surface area contributed by atoms with Crippen molar-refractivity contribution in [3.05, 3.63) is 28.8 Å². The highest BCUT2D eigenvalue weighted by molar-refractivity contribution is 6.30. The van der Waals surface area contributed by atoms with Crippen LogP contribution in [0.5, 0.6) is 5.75 Å². The number of halogens is 1. The quantitative estimate of drug-likeness (QED) is 0.767. The lowest BCUT2D eigenvalue weighted by atomic mass is 10.2. The molecule has 0 heterocycles. The van der Waals surface area contributed by atoms with Gasteiger partial charge in [-0.2, -0.15) is 0 Å². The molecule has 1 unspecified atom stereocenters. The largest absolute Gasteiger partial charge is 0.488 e. The minimum absolute atomic E-state index is 0.0390. The number of aryl methyl sites for hydroxylation is 1. The lowest BCUT2D eigenvalue weighted by Crippen LogP contribution is -2.18. The standard InChI is InChI=1S/C11H15ClO2/c1-8-4-5-10(12)6-11(8)14-9(2)7-13-3/h4-6,9H,7H2,1-3H3. The molecule has 78 valence electrons. The summed E-state index contributed by atoms with van der Waals surface area (Å²) in [6.45, 7) is 4.53. The maximum Gasteiger partial charge on any atom is 0.124 e. The van der Waals surface area contributed by atoms with Gasteiger partial charge in [-0.15, -0.1) is 0 Å². The van der Waals surface area contributed by atoms with Gasteiger partial charge in [0.15, 0.2) is 0 Å². The van der Waals surface area contributed by atoms with E-state index in [1.807, 2.05) is 32.0 Å². The molecule has 0 aliphatic heterocycles. The van der Waals surface area contributed by atoms with Crippen LogP contribution in [0.15, 0.2) is 18.2 Å². The van der Waals surface area contributed by atoms with Gasteiger partial charge in [-0.1, -0.05) is 17.7 Å². The van der Waals surface area contributed by atoms with Crippen molar-refractivity contribution in [1.29, 1.82) is 0 Å². The Morgan fingerprint density at radius 1 is 1.43 bits per heavy atom. The molecule has 14 heavy (non-hydrogen) atoms. The SMILES string of the molecule is COCC(C)Oc1cc(Cl)ccc1C. The fourth-order valence-electron chi connectivity index (χ4n) is 1.19. The first kappa shape index (κ1) is 11.3. The zero-order valence-electron chi connectivity index (χ0n) is 8.71. The lowest BCUT2D eigenvalue weighted by molar-refractivity contribution is 0.0916. The van der Waals surface area contributed by atoms with Gasteiger partial charge in [-0.05, 0) is 31.5 Å². The van der Waals surface area contributed by atoms with Crippen molar-refractivity contribution in [1.82, 2.24) is 0 Å². The molecule has 0 bridgehead atoms. The first-order valence-electron chi connectivity index (χ1n) is 4.55. The van der Waals surface area contributed by atoms with Gasteiger partial charge < -0.3 is 9.47 Å². The third-order valence-corrected chi connectivity index (χ3v) is 2.11. The first-order valence-corrected chi connectivity index (χ1v) is 4.93. The smallest absolute Gasteiger partial charge is 0.124 e. The number of rotatable bonds is 4. The summed E-state index contributed by atoms with van der Waals surface area (Å²) in [5.41, 5.74) is 1.08. The van der Waals surface area contributed by atoms with Gasteiger partial charge >= 0.3 is 0 Å². The summed E-state index contributed by atoms with van der Waals surface area (Å²) < 4.78 is 10.6. The fourth-order valence-corrected chi connectivity index (χ4v) is 1.35. The van der Waals surface area contributed by atoms with Gasteiger partial charge in [0.05, 0.1) is 6.61 Å². The molecule has 0 fully saturated rings. The van der Waals surface area contributed by atoms with E-state index in [1.165, 1.54) is 0 Å². The lowest BCUT2D eigenvalue weighted by Gasteiger charge is -2.15. The van der Waals surface area contributed by atoms with E-state index in [4.69, 9.17) is 21.1 Å². The van der Waals surface area contributed by atoms with E-state index in [0.717, 1.165) is 11.3 Å². The van der Waals surface area contributed by atoms with Crippen LogP contribution in [0.4, 0.5) is 0 Å². The molecule has 1 atom stereocenters. The zero-order chi connectivity index (χ0) is 10.6. The van der Waals surface area contributed by atoms with Crippen molar-refractivity contribution in [2.75, 3.05) is 13.7 Å². The summed E-state index contributed by atoms with van der Waals surface area (Å²) in [4.78, 5) is 0. The van der Waals surface area contributed by atoms with E-state index in [1.54, 1.807) is 7.11 Å². The molecular weight excluding hydrogens is 200 g/mol. The number of benzene rings is 1. The van der Waals surface area contributed by atoms with Crippen LogP contribution in [-0.2, 0) is 4.74 Å². The Morgan fingerprint density at radius 2 is 2.14 bits per heavy atom. The first-order chi connectivity index (χ1) is 6.63. The van der Waals surface area contributed by atoms with E-state index in [9.17, 15) is 0 Å². The summed E-state index contributed by atoms with van der Waals surface area (Å²) in [5.74, 6) is 0.821. The van der Waals surface area contributed by atoms with E-state index in [2.05, 4.69) is 0 Å². The predicted octanol–water partition coefficient (Wildman–Crippen LogP) is 3.06. The summed E-state index contributed by atoms with van der Waals surface area (Å²) >= 11 is 5.87. The van der Waals surface area contributed by atoms with Crippen LogP contribution in [0.3, 0.4) is 0 Å². The van der Waals surface area contributed by atoms with Crippen LogP contribution in [0.1, 0.15) is 12.5 Å². The Hall–Kier alpha value is -0.730. The molecule has 1 aromatic carbocycles. The van der Waals surface area contributed by atoms with Crippen LogP contribution < -0.4 is 4.74 Å². The molecule has 0 aliphatic carbocycles. The van der Waals surface area contributed by atoms with E-state index >= 15 is 0 Å². The van der Waals surface area contributed by atoms with Crippen molar-refractivity contribution >= 4 is 11.6 Å². The fraction of sp³-hybridized carbons (Fsp3) is 0.455. The highest BCUT2D eigenvalue weighted by Crippen LogP contribution is 2.23. The van der Waals surface area contributed by atoms with Crippen LogP contribution in [0, 0.1) is 6.92 Å². The molecule has 1 aromatic rings. The second-order valence-electron chi connectivity index (χ2n) is 3.29. The van der Waals surface area contributed by atoms with E-state index < -0.39 is 0 Å². The average molecular weight is 215 g/mol. The van der Waals surface area contributed by atoms with Gasteiger partial charge in [0, 0.05) is 12.1 Å². The third-order valence-electron chi connectivity index (χ3n) is 1.88. The molecule has 0 N–H and O–H groups in total. The zero-order valence-corrected chi connectivity index (χ0v) is 9.47. The van der Waals surface area contributed by atoms with E-state index in [-0.39, 0.29) is 6.10 Å². The highest BCUT2D eigenvalue weighted by atomic mass is 35.5. The van der Waals surface area contributed by atoms with Crippen molar-refractivity contribution in [3.63, 3.8) is 0 Å². The maximum absolute atomic E-state index is 5.87. The van der Waals surface area contributed by atoms with Gasteiger partial charge in [0.25, 0.3) is 0 Å². The summed E-state index contributed by atoms with van der Waals surface area (Å²) in [6, 6.07) is 5.62. The monoisotopic (exact) mass is 214 g/mol. The minimum atomic E-state index is 0.0390. The van der Waals surface area contributed by atoms with E-state index in [0.29, 0.717) is 11.6 Å². The number of hydrogen-bond acceptors (Lipinski definition) is 2. The Labute approximate surface area is 89.8 Å². The summed E-state index contributed by atoms with van der Waals surface area (Å²) in [5, 5.41) is 0.690. The van der Waals surface area contributed by atoms with Crippen molar-refractivity contribution < 1.29 is 9.47 Å². The Bertz CT molecular complexity index is 299. The predicted molar refractivity (Wildman–Crippen MR) is 58.2 cm³/mol. The molecule has 0 saturated carbocycles. The molecule has 0 aromatic heterocycles. The minimum Gasteiger partial charge on any atom is -0.488 e. The molecule has 1 rings (SSSR count).